The number of benzene rings is 1. The van der Waals surface area contributed by atoms with Crippen molar-refractivity contribution < 1.29 is 22.0 Å². The highest BCUT2D eigenvalue weighted by molar-refractivity contribution is 7.91. The van der Waals surface area contributed by atoms with Crippen LogP contribution in [0.25, 0.3) is 0 Å². The number of carbonyl (C=O) groups excluding carboxylic acids is 1. The van der Waals surface area contributed by atoms with Gasteiger partial charge in [-0.2, -0.15) is 0 Å². The van der Waals surface area contributed by atoms with Crippen LogP contribution in [-0.4, -0.2) is 43.4 Å². The largest absolute Gasteiger partial charge is 0.312 e. The van der Waals surface area contributed by atoms with E-state index in [2.05, 4.69) is 15.3 Å². The minimum Gasteiger partial charge on any atom is -0.312 e. The van der Waals surface area contributed by atoms with Crippen LogP contribution in [0.3, 0.4) is 0 Å². The van der Waals surface area contributed by atoms with Crippen LogP contribution in [0.1, 0.15) is 16.8 Å². The molecule has 1 atom stereocenters. The normalized spacial score (nSPS) is 18.7. The first-order valence-corrected chi connectivity index (χ1v) is 10.8. The summed E-state index contributed by atoms with van der Waals surface area (Å²) in [5, 5.41) is 4.20. The molecule has 1 N–H and O–H groups in total. The number of hydrogen-bond donors (Lipinski definition) is 1. The number of rotatable bonds is 4. The average molecular weight is 436 g/mol. The van der Waals surface area contributed by atoms with Gasteiger partial charge in [0.15, 0.2) is 11.6 Å². The molecule has 1 aromatic carbocycles. The van der Waals surface area contributed by atoms with E-state index in [1.54, 1.807) is 17.5 Å². The van der Waals surface area contributed by atoms with Crippen molar-refractivity contribution in [2.45, 2.75) is 16.9 Å². The number of aliphatic imine (C=N–C) groups is 2. The molecule has 0 saturated carbocycles. The van der Waals surface area contributed by atoms with Gasteiger partial charge in [-0.1, -0.05) is 6.07 Å². The monoisotopic (exact) mass is 436 g/mol. The summed E-state index contributed by atoms with van der Waals surface area (Å²) in [6.07, 6.45) is 2.33. The van der Waals surface area contributed by atoms with Crippen LogP contribution in [0, 0.1) is 11.6 Å². The Morgan fingerprint density at radius 3 is 2.79 bits per heavy atom. The summed E-state index contributed by atoms with van der Waals surface area (Å²) in [7, 11) is -3.62. The molecule has 1 aromatic heterocycles. The molecule has 4 rings (SSSR count). The molecule has 3 heterocycles. The molecule has 2 aliphatic rings. The van der Waals surface area contributed by atoms with Crippen molar-refractivity contribution in [1.29, 1.82) is 0 Å². The van der Waals surface area contributed by atoms with Crippen molar-refractivity contribution >= 4 is 39.2 Å². The smallest absolute Gasteiger partial charge is 0.273 e. The minimum atomic E-state index is -3.62. The third kappa shape index (κ3) is 3.83. The Morgan fingerprint density at radius 1 is 1.24 bits per heavy atom. The molecular formula is C18H14F2N4O3S2. The lowest BCUT2D eigenvalue weighted by Gasteiger charge is -2.28. The summed E-state index contributed by atoms with van der Waals surface area (Å²) in [6, 6.07) is 6.03. The van der Waals surface area contributed by atoms with Gasteiger partial charge in [-0.15, -0.1) is 11.3 Å². The zero-order chi connectivity index (χ0) is 20.6. The van der Waals surface area contributed by atoms with E-state index in [1.807, 2.05) is 0 Å². The first-order chi connectivity index (χ1) is 13.8. The molecule has 7 nitrogen and oxygen atoms in total. The van der Waals surface area contributed by atoms with E-state index >= 15 is 0 Å². The van der Waals surface area contributed by atoms with Crippen molar-refractivity contribution in [2.75, 3.05) is 6.54 Å². The molecule has 1 unspecified atom stereocenters. The van der Waals surface area contributed by atoms with Gasteiger partial charge in [-0.05, 0) is 29.6 Å². The number of sulfonamides is 1. The third-order valence-corrected chi connectivity index (χ3v) is 7.45. The van der Waals surface area contributed by atoms with Crippen molar-refractivity contribution in [1.82, 2.24) is 9.62 Å². The Labute approximate surface area is 169 Å². The number of hydrogen-bond acceptors (Lipinski definition) is 6. The summed E-state index contributed by atoms with van der Waals surface area (Å²) >= 11 is 1.14. The number of nitrogens with one attached hydrogen (secondary N) is 1. The Balaban J connectivity index is 1.49. The van der Waals surface area contributed by atoms with E-state index in [0.717, 1.165) is 29.5 Å². The molecule has 29 heavy (non-hydrogen) atoms. The fourth-order valence-corrected chi connectivity index (χ4v) is 5.31. The highest BCUT2D eigenvalue weighted by Gasteiger charge is 2.29. The molecule has 0 saturated heterocycles. The van der Waals surface area contributed by atoms with Gasteiger partial charge in [0.05, 0.1) is 5.71 Å². The zero-order valence-electron chi connectivity index (χ0n) is 14.7. The first-order valence-electron chi connectivity index (χ1n) is 8.48. The first kappa shape index (κ1) is 19.4. The van der Waals surface area contributed by atoms with Crippen LogP contribution in [-0.2, 0) is 10.0 Å². The van der Waals surface area contributed by atoms with E-state index < -0.39 is 33.9 Å². The molecule has 2 aromatic rings. The Kier molecular flexibility index (Phi) is 5.01. The summed E-state index contributed by atoms with van der Waals surface area (Å²) in [6.45, 7) is 0.209. The van der Waals surface area contributed by atoms with Gasteiger partial charge >= 0.3 is 0 Å². The van der Waals surface area contributed by atoms with Crippen LogP contribution >= 0.6 is 11.3 Å². The summed E-state index contributed by atoms with van der Waals surface area (Å²) in [5.74, 6) is -2.82. The number of allylic oxidation sites excluding steroid dienone is 1. The number of fused-ring (bicyclic) bond motifs is 1. The topological polar surface area (TPSA) is 91.2 Å². The second-order valence-corrected chi connectivity index (χ2v) is 9.28. The maximum Gasteiger partial charge on any atom is 0.273 e. The Bertz CT molecular complexity index is 1160. The average Bonchev–Trinajstić information content (AvgIpc) is 3.25. The van der Waals surface area contributed by atoms with Crippen molar-refractivity contribution in [3.8, 4) is 0 Å². The summed E-state index contributed by atoms with van der Waals surface area (Å²) < 4.78 is 53.1. The van der Waals surface area contributed by atoms with E-state index in [-0.39, 0.29) is 16.3 Å². The van der Waals surface area contributed by atoms with E-state index in [4.69, 9.17) is 0 Å². The number of nitrogens with zero attached hydrogens (tertiary/aromatic N) is 3. The second-order valence-electron chi connectivity index (χ2n) is 6.21. The fraction of sp³-hybridized carbons (Fsp3) is 0.167. The third-order valence-electron chi connectivity index (χ3n) is 4.32. The van der Waals surface area contributed by atoms with Gasteiger partial charge in [0, 0.05) is 36.5 Å². The second kappa shape index (κ2) is 7.48. The van der Waals surface area contributed by atoms with Crippen LogP contribution in [0.2, 0.25) is 0 Å². The molecule has 1 amide bonds. The van der Waals surface area contributed by atoms with Crippen LogP contribution < -0.4 is 5.32 Å². The fourth-order valence-electron chi connectivity index (χ4n) is 2.86. The van der Waals surface area contributed by atoms with Gasteiger partial charge in [0.2, 0.25) is 6.29 Å². The lowest BCUT2D eigenvalue weighted by molar-refractivity contribution is 0.0939. The molecular weight excluding hydrogens is 422 g/mol. The summed E-state index contributed by atoms with van der Waals surface area (Å²) in [5.41, 5.74) is 1.08. The highest BCUT2D eigenvalue weighted by atomic mass is 32.2. The standard InChI is InChI=1S/C18H14F2N4O3S2/c19-13-4-3-11(8-14(13)20)17(25)23-18-21-9-12-10-24(6-5-15(12)22-18)29(26,27)16-2-1-7-28-16/h1-4,7-10,18H,5-6H2,(H,23,25). The van der Waals surface area contributed by atoms with Gasteiger partial charge in [0.1, 0.15) is 4.21 Å². The van der Waals surface area contributed by atoms with Gasteiger partial charge in [-0.3, -0.25) is 9.10 Å². The lowest BCUT2D eigenvalue weighted by atomic mass is 10.1. The van der Waals surface area contributed by atoms with Crippen LogP contribution in [0.5, 0.6) is 0 Å². The van der Waals surface area contributed by atoms with Gasteiger partial charge < -0.3 is 5.32 Å². The SMILES string of the molecule is O=C(NC1N=CC2=CN(S(=O)(=O)c3cccs3)CCC2=N1)c1ccc(F)c(F)c1. The predicted molar refractivity (Wildman–Crippen MR) is 104 cm³/mol. The molecule has 0 bridgehead atoms. The summed E-state index contributed by atoms with van der Waals surface area (Å²) in [4.78, 5) is 20.6. The quantitative estimate of drug-likeness (QED) is 0.799. The van der Waals surface area contributed by atoms with Crippen molar-refractivity contribution in [3.05, 3.63) is 64.7 Å². The maximum absolute atomic E-state index is 13.3. The van der Waals surface area contributed by atoms with Crippen LogP contribution in [0.4, 0.5) is 8.78 Å². The number of halogens is 2. The predicted octanol–water partition coefficient (Wildman–Crippen LogP) is 2.54. The molecule has 0 aliphatic carbocycles. The molecule has 0 spiro atoms. The van der Waals surface area contributed by atoms with Crippen LogP contribution in [0.15, 0.2) is 61.7 Å². The van der Waals surface area contributed by atoms with Gasteiger partial charge in [0.25, 0.3) is 15.9 Å². The molecule has 150 valence electrons. The zero-order valence-corrected chi connectivity index (χ0v) is 16.4. The number of thiophene rings is 1. The Hall–Kier alpha value is -2.92. The van der Waals surface area contributed by atoms with E-state index in [0.29, 0.717) is 17.7 Å². The van der Waals surface area contributed by atoms with Crippen molar-refractivity contribution in [3.63, 3.8) is 0 Å². The van der Waals surface area contributed by atoms with Crippen molar-refractivity contribution in [2.24, 2.45) is 9.98 Å². The minimum absolute atomic E-state index is 0.0579. The van der Waals surface area contributed by atoms with E-state index in [1.165, 1.54) is 16.7 Å². The molecule has 0 fully saturated rings. The Morgan fingerprint density at radius 2 is 2.07 bits per heavy atom. The highest BCUT2D eigenvalue weighted by Crippen LogP contribution is 2.25. The number of amides is 1. The molecule has 0 radical (unpaired) electrons. The maximum atomic E-state index is 13.3. The van der Waals surface area contributed by atoms with E-state index in [9.17, 15) is 22.0 Å². The van der Waals surface area contributed by atoms with Gasteiger partial charge in [-0.25, -0.2) is 27.2 Å². The molecule has 11 heteroatoms. The molecule has 2 aliphatic heterocycles. The number of carbonyl (C=O) groups is 1. The lowest BCUT2D eigenvalue weighted by Crippen LogP contribution is -2.38.